The Bertz CT molecular complexity index is 556. The number of likely N-dealkylation sites (tertiary alicyclic amines) is 1. The molecule has 2 fully saturated rings. The lowest BCUT2D eigenvalue weighted by Gasteiger charge is -2.32. The van der Waals surface area contributed by atoms with E-state index in [0.717, 1.165) is 25.7 Å². The number of methoxy groups -OCH3 is 1. The SMILES string of the molecule is COc1ccsc1C(=O)N1C(C(=O)O)CC2CCCCC21. The summed E-state index contributed by atoms with van der Waals surface area (Å²) in [5.41, 5.74) is 0. The summed E-state index contributed by atoms with van der Waals surface area (Å²) in [6, 6.07) is 1.12. The van der Waals surface area contributed by atoms with Gasteiger partial charge in [0.25, 0.3) is 5.91 Å². The number of carbonyl (C=O) groups excluding carboxylic acids is 1. The number of aliphatic carboxylic acids is 1. The van der Waals surface area contributed by atoms with Gasteiger partial charge in [-0.15, -0.1) is 11.3 Å². The predicted octanol–water partition coefficient (Wildman–Crippen LogP) is 2.61. The molecular formula is C15H19NO4S. The van der Waals surface area contributed by atoms with Gasteiger partial charge in [-0.25, -0.2) is 4.79 Å². The number of carboxylic acids is 1. The molecule has 3 atom stereocenters. The van der Waals surface area contributed by atoms with Crippen LogP contribution in [0.25, 0.3) is 0 Å². The highest BCUT2D eigenvalue weighted by molar-refractivity contribution is 7.12. The zero-order chi connectivity index (χ0) is 15.0. The van der Waals surface area contributed by atoms with Crippen molar-refractivity contribution in [1.82, 2.24) is 4.90 Å². The van der Waals surface area contributed by atoms with Gasteiger partial charge in [-0.1, -0.05) is 12.8 Å². The largest absolute Gasteiger partial charge is 0.495 e. The molecule has 21 heavy (non-hydrogen) atoms. The lowest BCUT2D eigenvalue weighted by atomic mass is 9.85. The summed E-state index contributed by atoms with van der Waals surface area (Å²) in [6.07, 6.45) is 4.73. The Morgan fingerprint density at radius 2 is 2.14 bits per heavy atom. The quantitative estimate of drug-likeness (QED) is 0.932. The Labute approximate surface area is 127 Å². The van der Waals surface area contributed by atoms with Crippen LogP contribution in [0.3, 0.4) is 0 Å². The molecule has 1 aromatic rings. The number of rotatable bonds is 3. The number of fused-ring (bicyclic) bond motifs is 1. The summed E-state index contributed by atoms with van der Waals surface area (Å²) < 4.78 is 5.21. The van der Waals surface area contributed by atoms with Gasteiger partial charge in [-0.05, 0) is 36.6 Å². The van der Waals surface area contributed by atoms with Gasteiger partial charge in [-0.3, -0.25) is 4.79 Å². The minimum atomic E-state index is -0.895. The van der Waals surface area contributed by atoms with Crippen LogP contribution in [0.5, 0.6) is 5.75 Å². The molecule has 1 N–H and O–H groups in total. The molecule has 0 spiro atoms. The number of carboxylic acid groups (broad SMARTS) is 1. The summed E-state index contributed by atoms with van der Waals surface area (Å²) in [7, 11) is 1.53. The van der Waals surface area contributed by atoms with Gasteiger partial charge in [-0.2, -0.15) is 0 Å². The van der Waals surface area contributed by atoms with Crippen LogP contribution in [0, 0.1) is 5.92 Å². The molecule has 0 radical (unpaired) electrons. The Morgan fingerprint density at radius 1 is 1.38 bits per heavy atom. The molecule has 1 saturated heterocycles. The zero-order valence-electron chi connectivity index (χ0n) is 11.9. The van der Waals surface area contributed by atoms with Gasteiger partial charge in [0.2, 0.25) is 0 Å². The highest BCUT2D eigenvalue weighted by Gasteiger charge is 2.48. The van der Waals surface area contributed by atoms with E-state index in [2.05, 4.69) is 0 Å². The van der Waals surface area contributed by atoms with Gasteiger partial charge >= 0.3 is 5.97 Å². The van der Waals surface area contributed by atoms with E-state index in [4.69, 9.17) is 4.74 Å². The Kier molecular flexibility index (Phi) is 3.89. The van der Waals surface area contributed by atoms with Crippen molar-refractivity contribution in [1.29, 1.82) is 0 Å². The second-order valence-electron chi connectivity index (χ2n) is 5.73. The van der Waals surface area contributed by atoms with Crippen molar-refractivity contribution in [3.05, 3.63) is 16.3 Å². The molecule has 0 bridgehead atoms. The first kappa shape index (κ1) is 14.4. The van der Waals surface area contributed by atoms with Gasteiger partial charge in [0, 0.05) is 6.04 Å². The number of amides is 1. The number of ether oxygens (including phenoxy) is 1. The van der Waals surface area contributed by atoms with E-state index in [1.54, 1.807) is 16.3 Å². The third-order valence-electron chi connectivity index (χ3n) is 4.65. The fraction of sp³-hybridized carbons (Fsp3) is 0.600. The number of thiophene rings is 1. The highest BCUT2D eigenvalue weighted by Crippen LogP contribution is 2.41. The van der Waals surface area contributed by atoms with Crippen LogP contribution in [0.15, 0.2) is 11.4 Å². The van der Waals surface area contributed by atoms with Gasteiger partial charge < -0.3 is 14.7 Å². The molecule has 114 valence electrons. The molecule has 2 aliphatic rings. The van der Waals surface area contributed by atoms with Crippen molar-refractivity contribution in [2.45, 2.75) is 44.2 Å². The molecule has 3 rings (SSSR count). The fourth-order valence-corrected chi connectivity index (χ4v) is 4.51. The van der Waals surface area contributed by atoms with E-state index < -0.39 is 12.0 Å². The van der Waals surface area contributed by atoms with Gasteiger partial charge in [0.05, 0.1) is 7.11 Å². The van der Waals surface area contributed by atoms with E-state index in [1.807, 2.05) is 0 Å². The summed E-state index contributed by atoms with van der Waals surface area (Å²) in [5, 5.41) is 11.3. The number of nitrogens with zero attached hydrogens (tertiary/aromatic N) is 1. The number of hydrogen-bond donors (Lipinski definition) is 1. The van der Waals surface area contributed by atoms with Crippen molar-refractivity contribution in [3.63, 3.8) is 0 Å². The normalized spacial score (nSPS) is 28.2. The van der Waals surface area contributed by atoms with E-state index in [-0.39, 0.29) is 11.9 Å². The Hall–Kier alpha value is -1.56. The molecule has 2 heterocycles. The molecule has 1 aliphatic carbocycles. The van der Waals surface area contributed by atoms with Crippen LogP contribution in [-0.4, -0.2) is 41.1 Å². The first-order valence-electron chi connectivity index (χ1n) is 7.30. The van der Waals surface area contributed by atoms with E-state index >= 15 is 0 Å². The third-order valence-corrected chi connectivity index (χ3v) is 5.53. The smallest absolute Gasteiger partial charge is 0.326 e. The average Bonchev–Trinajstić information content (AvgIpc) is 3.10. The van der Waals surface area contributed by atoms with E-state index in [9.17, 15) is 14.7 Å². The van der Waals surface area contributed by atoms with E-state index in [0.29, 0.717) is 23.0 Å². The van der Waals surface area contributed by atoms with Crippen molar-refractivity contribution >= 4 is 23.2 Å². The minimum absolute atomic E-state index is 0.0687. The lowest BCUT2D eigenvalue weighted by molar-refractivity contribution is -0.141. The minimum Gasteiger partial charge on any atom is -0.495 e. The number of carbonyl (C=O) groups is 2. The van der Waals surface area contributed by atoms with Crippen LogP contribution < -0.4 is 4.74 Å². The van der Waals surface area contributed by atoms with Gasteiger partial charge in [0.15, 0.2) is 0 Å². The van der Waals surface area contributed by atoms with Crippen molar-refractivity contribution in [2.75, 3.05) is 7.11 Å². The van der Waals surface area contributed by atoms with Crippen LogP contribution in [0.2, 0.25) is 0 Å². The maximum atomic E-state index is 12.9. The average molecular weight is 309 g/mol. The third kappa shape index (κ3) is 2.41. The summed E-state index contributed by atoms with van der Waals surface area (Å²) in [4.78, 5) is 26.5. The maximum Gasteiger partial charge on any atom is 0.326 e. The van der Waals surface area contributed by atoms with Crippen LogP contribution in [0.1, 0.15) is 41.8 Å². The number of hydrogen-bond acceptors (Lipinski definition) is 4. The van der Waals surface area contributed by atoms with Crippen LogP contribution in [0.4, 0.5) is 0 Å². The zero-order valence-corrected chi connectivity index (χ0v) is 12.8. The topological polar surface area (TPSA) is 66.8 Å². The first-order chi connectivity index (χ1) is 10.1. The second-order valence-corrected chi connectivity index (χ2v) is 6.65. The fourth-order valence-electron chi connectivity index (χ4n) is 3.70. The molecule has 3 unspecified atom stereocenters. The molecule has 1 saturated carbocycles. The molecule has 1 amide bonds. The molecule has 1 aliphatic heterocycles. The highest BCUT2D eigenvalue weighted by atomic mass is 32.1. The van der Waals surface area contributed by atoms with Crippen LogP contribution >= 0.6 is 11.3 Å². The van der Waals surface area contributed by atoms with Gasteiger partial charge in [0.1, 0.15) is 16.7 Å². The Morgan fingerprint density at radius 3 is 2.86 bits per heavy atom. The second kappa shape index (κ2) is 5.67. The van der Waals surface area contributed by atoms with Crippen molar-refractivity contribution in [3.8, 4) is 5.75 Å². The molecule has 5 nitrogen and oxygen atoms in total. The maximum absolute atomic E-state index is 12.9. The molecule has 6 heteroatoms. The molecule has 0 aromatic carbocycles. The first-order valence-corrected chi connectivity index (χ1v) is 8.18. The van der Waals surface area contributed by atoms with E-state index in [1.165, 1.54) is 18.4 Å². The molecule has 1 aromatic heterocycles. The molecular weight excluding hydrogens is 290 g/mol. The summed E-state index contributed by atoms with van der Waals surface area (Å²) in [5.74, 6) is -0.222. The van der Waals surface area contributed by atoms with Crippen molar-refractivity contribution in [2.24, 2.45) is 5.92 Å². The lowest BCUT2D eigenvalue weighted by Crippen LogP contribution is -2.46. The van der Waals surface area contributed by atoms with Crippen LogP contribution in [-0.2, 0) is 4.79 Å². The van der Waals surface area contributed by atoms with Crippen molar-refractivity contribution < 1.29 is 19.4 Å². The monoisotopic (exact) mass is 309 g/mol. The Balaban J connectivity index is 1.93. The summed E-state index contributed by atoms with van der Waals surface area (Å²) in [6.45, 7) is 0. The summed E-state index contributed by atoms with van der Waals surface area (Å²) >= 11 is 1.31. The predicted molar refractivity (Wildman–Crippen MR) is 78.8 cm³/mol. The standard InChI is InChI=1S/C15H19NO4S/c1-20-12-6-7-21-13(12)14(17)16-10-5-3-2-4-9(10)8-11(16)15(18)19/h6-7,9-11H,2-5,8H2,1H3,(H,18,19).